The van der Waals surface area contributed by atoms with E-state index in [4.69, 9.17) is 0 Å². The van der Waals surface area contributed by atoms with Crippen LogP contribution >= 0.6 is 0 Å². The molecule has 0 amide bonds. The molecule has 0 aliphatic heterocycles. The van der Waals surface area contributed by atoms with Crippen LogP contribution in [0.2, 0.25) is 0 Å². The average Bonchev–Trinajstić information content (AvgIpc) is 3.07. The summed E-state index contributed by atoms with van der Waals surface area (Å²) in [6.07, 6.45) is 12.0. The average molecular weight is 429 g/mol. The highest BCUT2D eigenvalue weighted by Gasteiger charge is 2.69. The van der Waals surface area contributed by atoms with E-state index < -0.39 is 0 Å². The van der Waals surface area contributed by atoms with Crippen molar-refractivity contribution in [2.24, 2.45) is 45.8 Å². The summed E-state index contributed by atoms with van der Waals surface area (Å²) in [4.78, 5) is 0. The number of fused-ring (bicyclic) bond motifs is 5. The Morgan fingerprint density at radius 3 is 2.32 bits per heavy atom. The van der Waals surface area contributed by atoms with E-state index in [1.165, 1.54) is 36.8 Å². The first kappa shape index (κ1) is 23.6. The SMILES string of the molecule is C=C(CCC=C(C)C)[C@H]1CC[C@]2(C)[C@@H]1[C@H](O)CC1[C@@]3(C)CC[C@H](O)C(C)C3CC[C@]12C. The maximum Gasteiger partial charge on any atom is 0.0582 e. The largest absolute Gasteiger partial charge is 0.393 e. The van der Waals surface area contributed by atoms with Crippen molar-refractivity contribution in [2.75, 3.05) is 0 Å². The van der Waals surface area contributed by atoms with Gasteiger partial charge in [0.15, 0.2) is 0 Å². The van der Waals surface area contributed by atoms with E-state index in [9.17, 15) is 10.2 Å². The molecule has 4 fully saturated rings. The zero-order valence-electron chi connectivity index (χ0n) is 21.1. The minimum absolute atomic E-state index is 0.140. The van der Waals surface area contributed by atoms with Crippen LogP contribution in [0.25, 0.3) is 0 Å². The number of hydrogen-bond acceptors (Lipinski definition) is 2. The van der Waals surface area contributed by atoms with E-state index >= 15 is 0 Å². The minimum atomic E-state index is -0.214. The van der Waals surface area contributed by atoms with Gasteiger partial charge in [0.2, 0.25) is 0 Å². The maximum absolute atomic E-state index is 11.7. The number of aliphatic hydroxyl groups is 2. The van der Waals surface area contributed by atoms with Crippen LogP contribution in [0.15, 0.2) is 23.8 Å². The Kier molecular flexibility index (Phi) is 6.09. The fourth-order valence-electron chi connectivity index (χ4n) is 9.55. The lowest BCUT2D eigenvalue weighted by molar-refractivity contribution is -0.225. The van der Waals surface area contributed by atoms with Crippen LogP contribution < -0.4 is 0 Å². The first-order chi connectivity index (χ1) is 14.5. The summed E-state index contributed by atoms with van der Waals surface area (Å²) in [5.41, 5.74) is 3.47. The third-order valence-corrected chi connectivity index (χ3v) is 11.5. The number of hydrogen-bond donors (Lipinski definition) is 2. The van der Waals surface area contributed by atoms with Gasteiger partial charge < -0.3 is 10.2 Å². The van der Waals surface area contributed by atoms with Crippen molar-refractivity contribution in [3.8, 4) is 0 Å². The van der Waals surface area contributed by atoms with Gasteiger partial charge in [-0.1, -0.05) is 51.5 Å². The van der Waals surface area contributed by atoms with E-state index in [1.54, 1.807) is 0 Å². The van der Waals surface area contributed by atoms with Gasteiger partial charge in [-0.2, -0.15) is 0 Å². The molecule has 0 bridgehead atoms. The van der Waals surface area contributed by atoms with Gasteiger partial charge >= 0.3 is 0 Å². The van der Waals surface area contributed by atoms with Crippen molar-refractivity contribution in [3.63, 3.8) is 0 Å². The van der Waals surface area contributed by atoms with Crippen LogP contribution in [0.5, 0.6) is 0 Å². The monoisotopic (exact) mass is 428 g/mol. The fourth-order valence-corrected chi connectivity index (χ4v) is 9.55. The summed E-state index contributed by atoms with van der Waals surface area (Å²) >= 11 is 0. The molecule has 0 spiro atoms. The second-order valence-electron chi connectivity index (χ2n) is 13.0. The Morgan fingerprint density at radius 1 is 0.968 bits per heavy atom. The van der Waals surface area contributed by atoms with Crippen molar-refractivity contribution in [3.05, 3.63) is 23.8 Å². The van der Waals surface area contributed by atoms with Gasteiger partial charge in [-0.3, -0.25) is 0 Å². The van der Waals surface area contributed by atoms with E-state index in [-0.39, 0.29) is 28.5 Å². The Hall–Kier alpha value is -0.600. The fraction of sp³-hybridized carbons (Fsp3) is 0.862. The molecule has 4 aliphatic carbocycles. The van der Waals surface area contributed by atoms with Crippen molar-refractivity contribution >= 4 is 0 Å². The zero-order valence-corrected chi connectivity index (χ0v) is 21.1. The molecule has 2 nitrogen and oxygen atoms in total. The van der Waals surface area contributed by atoms with Crippen LogP contribution in [-0.4, -0.2) is 22.4 Å². The molecule has 10 atom stereocenters. The summed E-state index contributed by atoms with van der Waals surface area (Å²) in [7, 11) is 0. The zero-order chi connectivity index (χ0) is 22.8. The number of aliphatic hydroxyl groups excluding tert-OH is 2. The molecule has 4 saturated carbocycles. The summed E-state index contributed by atoms with van der Waals surface area (Å²) in [5, 5.41) is 22.2. The predicted molar refractivity (Wildman–Crippen MR) is 130 cm³/mol. The Morgan fingerprint density at radius 2 is 1.65 bits per heavy atom. The predicted octanol–water partition coefficient (Wildman–Crippen LogP) is 6.92. The van der Waals surface area contributed by atoms with Crippen molar-refractivity contribution in [1.82, 2.24) is 0 Å². The molecule has 2 N–H and O–H groups in total. The van der Waals surface area contributed by atoms with Gasteiger partial charge in [0, 0.05) is 0 Å². The van der Waals surface area contributed by atoms with Gasteiger partial charge in [-0.25, -0.2) is 0 Å². The van der Waals surface area contributed by atoms with Crippen LogP contribution in [0.1, 0.15) is 99.3 Å². The quantitative estimate of drug-likeness (QED) is 0.477. The number of rotatable bonds is 4. The standard InChI is InChI=1S/C29H48O2/c1-18(2)9-8-10-19(3)21-11-15-29(7)26(21)24(31)17-25-27(5)14-13-23(30)20(4)22(27)12-16-28(25,29)6/h9,20-26,30-31H,3,8,10-17H2,1-2,4-7H3/t20?,21-,22?,23+,24-,25?,26+,27+,28-,29-/m1/s1. The highest BCUT2D eigenvalue weighted by molar-refractivity contribution is 5.21. The summed E-state index contributed by atoms with van der Waals surface area (Å²) in [5.74, 6) is 2.37. The van der Waals surface area contributed by atoms with Crippen LogP contribution in [0.4, 0.5) is 0 Å². The second kappa shape index (κ2) is 8.01. The van der Waals surface area contributed by atoms with E-state index in [1.807, 2.05) is 0 Å². The van der Waals surface area contributed by atoms with Gasteiger partial charge in [0.05, 0.1) is 12.2 Å². The summed E-state index contributed by atoms with van der Waals surface area (Å²) < 4.78 is 0. The Bertz CT molecular complexity index is 735. The summed E-state index contributed by atoms with van der Waals surface area (Å²) in [6.45, 7) is 18.8. The molecule has 2 heteroatoms. The Balaban J connectivity index is 1.62. The lowest BCUT2D eigenvalue weighted by atomic mass is 9.36. The minimum Gasteiger partial charge on any atom is -0.393 e. The first-order valence-corrected chi connectivity index (χ1v) is 13.1. The lowest BCUT2D eigenvalue weighted by Gasteiger charge is -2.69. The van der Waals surface area contributed by atoms with Crippen LogP contribution in [0, 0.1) is 45.8 Å². The Labute approximate surface area is 191 Å². The van der Waals surface area contributed by atoms with E-state index in [0.29, 0.717) is 29.6 Å². The number of allylic oxidation sites excluding steroid dienone is 3. The van der Waals surface area contributed by atoms with Gasteiger partial charge in [0.25, 0.3) is 0 Å². The van der Waals surface area contributed by atoms with Crippen LogP contribution in [-0.2, 0) is 0 Å². The topological polar surface area (TPSA) is 40.5 Å². The molecular formula is C29H48O2. The molecule has 176 valence electrons. The van der Waals surface area contributed by atoms with Gasteiger partial charge in [-0.05, 0) is 117 Å². The first-order valence-electron chi connectivity index (χ1n) is 13.1. The summed E-state index contributed by atoms with van der Waals surface area (Å²) in [6, 6.07) is 0. The highest BCUT2D eigenvalue weighted by atomic mass is 16.3. The molecule has 4 rings (SSSR count). The second-order valence-corrected chi connectivity index (χ2v) is 13.0. The van der Waals surface area contributed by atoms with Crippen molar-refractivity contribution in [1.29, 1.82) is 0 Å². The molecule has 0 aromatic carbocycles. The molecule has 0 aromatic heterocycles. The normalized spacial score (nSPS) is 51.4. The smallest absolute Gasteiger partial charge is 0.0582 e. The van der Waals surface area contributed by atoms with Gasteiger partial charge in [-0.15, -0.1) is 0 Å². The molecule has 31 heavy (non-hydrogen) atoms. The molecule has 0 aromatic rings. The van der Waals surface area contributed by atoms with Crippen molar-refractivity contribution < 1.29 is 10.2 Å². The van der Waals surface area contributed by atoms with E-state index in [0.717, 1.165) is 32.1 Å². The third kappa shape index (κ3) is 3.41. The maximum atomic E-state index is 11.7. The van der Waals surface area contributed by atoms with E-state index in [2.05, 4.69) is 54.2 Å². The lowest BCUT2D eigenvalue weighted by Crippen LogP contribution is -2.64. The third-order valence-electron chi connectivity index (χ3n) is 11.5. The van der Waals surface area contributed by atoms with Crippen molar-refractivity contribution in [2.45, 2.75) is 112 Å². The highest BCUT2D eigenvalue weighted by Crippen LogP contribution is 2.74. The van der Waals surface area contributed by atoms with Gasteiger partial charge in [0.1, 0.15) is 0 Å². The molecule has 4 aliphatic rings. The molecule has 0 radical (unpaired) electrons. The van der Waals surface area contributed by atoms with Crippen LogP contribution in [0.3, 0.4) is 0 Å². The molecule has 0 saturated heterocycles. The molecule has 0 heterocycles. The molecule has 3 unspecified atom stereocenters. The molecular weight excluding hydrogens is 380 g/mol.